The predicted molar refractivity (Wildman–Crippen MR) is 209 cm³/mol. The number of anilines is 2. The van der Waals surface area contributed by atoms with Crippen LogP contribution in [0.25, 0.3) is 27.5 Å². The van der Waals surface area contributed by atoms with Gasteiger partial charge in [0, 0.05) is 49.8 Å². The van der Waals surface area contributed by atoms with E-state index in [0.29, 0.717) is 10.7 Å². The number of alkyl halides is 4. The second kappa shape index (κ2) is 14.2. The van der Waals surface area contributed by atoms with Crippen molar-refractivity contribution < 1.29 is 39.6 Å². The zero-order valence-electron chi connectivity index (χ0n) is 31.7. The third-order valence-corrected chi connectivity index (χ3v) is 12.1. The first kappa shape index (κ1) is 39.8. The quantitative estimate of drug-likeness (QED) is 0.138. The maximum atomic E-state index is 15.5. The van der Waals surface area contributed by atoms with E-state index < -0.39 is 87.7 Å². The van der Waals surface area contributed by atoms with Crippen LogP contribution in [0.4, 0.5) is 37.8 Å². The summed E-state index contributed by atoms with van der Waals surface area (Å²) in [6.45, 7) is 0.539. The van der Waals surface area contributed by atoms with Gasteiger partial charge in [0.25, 0.3) is 17.9 Å². The number of nitrogens with one attached hydrogen (secondary N) is 2. The number of fused-ring (bicyclic) bond motifs is 5. The van der Waals surface area contributed by atoms with E-state index in [4.69, 9.17) is 16.6 Å². The lowest BCUT2D eigenvalue weighted by atomic mass is 10.0. The van der Waals surface area contributed by atoms with Gasteiger partial charge >= 0.3 is 0 Å². The van der Waals surface area contributed by atoms with E-state index in [1.165, 1.54) is 23.9 Å². The molecular weight excluding hydrogens is 840 g/mol. The van der Waals surface area contributed by atoms with Crippen molar-refractivity contribution in [2.45, 2.75) is 56.5 Å². The van der Waals surface area contributed by atoms with Gasteiger partial charge in [0.1, 0.15) is 35.4 Å². The molecule has 3 atom stereocenters. The SMILES string of the molecule is Cn1nc(NS(C)(=O)=O)c2c(Cl)ccc(-n3c([C@H](Cc4cc(F)cc(F)c4)NC(=O)Cn4nc(C(F)F)c5c4C(F)(F)[C@@H]4C[C@H]54)nc4cc(N5CCCC5)ccc4c3=O)c21. The maximum absolute atomic E-state index is 15.5. The number of benzene rings is 3. The van der Waals surface area contributed by atoms with Crippen molar-refractivity contribution in [3.05, 3.63) is 104 Å². The summed E-state index contributed by atoms with van der Waals surface area (Å²) >= 11 is 6.62. The van der Waals surface area contributed by atoms with E-state index in [1.54, 1.807) is 18.2 Å². The molecule has 21 heteroatoms. The molecule has 0 unspecified atom stereocenters. The van der Waals surface area contributed by atoms with Crippen molar-refractivity contribution in [3.63, 3.8) is 0 Å². The van der Waals surface area contributed by atoms with E-state index in [1.807, 2.05) is 0 Å². The van der Waals surface area contributed by atoms with Crippen LogP contribution in [0.2, 0.25) is 5.02 Å². The highest BCUT2D eigenvalue weighted by Crippen LogP contribution is 2.68. The number of hydrogen-bond donors (Lipinski definition) is 2. The summed E-state index contributed by atoms with van der Waals surface area (Å²) in [5.74, 6) is -8.83. The van der Waals surface area contributed by atoms with Crippen molar-refractivity contribution in [1.82, 2.24) is 34.4 Å². The minimum Gasteiger partial charge on any atom is -0.371 e. The Bertz CT molecular complexity index is 2930. The second-order valence-electron chi connectivity index (χ2n) is 15.4. The summed E-state index contributed by atoms with van der Waals surface area (Å²) in [4.78, 5) is 36.1. The fraction of sp³-hybridized carbons (Fsp3) is 0.359. The molecular formula is C39H34ClF6N9O4S. The summed E-state index contributed by atoms with van der Waals surface area (Å²) in [5, 5.41) is 11.0. The fourth-order valence-corrected chi connectivity index (χ4v) is 9.48. The number of amides is 1. The molecule has 9 rings (SSSR count). The smallest absolute Gasteiger partial charge is 0.293 e. The molecule has 6 aromatic rings. The number of aromatic nitrogens is 6. The molecule has 2 fully saturated rings. The highest BCUT2D eigenvalue weighted by molar-refractivity contribution is 7.92. The molecule has 60 heavy (non-hydrogen) atoms. The number of sulfonamides is 1. The van der Waals surface area contributed by atoms with Crippen LogP contribution in [-0.4, -0.2) is 62.8 Å². The van der Waals surface area contributed by atoms with Crippen LogP contribution in [0, 0.1) is 17.6 Å². The molecule has 0 bridgehead atoms. The van der Waals surface area contributed by atoms with Gasteiger partial charge in [0.05, 0.1) is 44.8 Å². The molecule has 4 heterocycles. The van der Waals surface area contributed by atoms with E-state index in [-0.39, 0.29) is 61.7 Å². The predicted octanol–water partition coefficient (Wildman–Crippen LogP) is 6.62. The minimum atomic E-state index is -3.89. The molecule has 1 saturated carbocycles. The van der Waals surface area contributed by atoms with Gasteiger partial charge in [-0.1, -0.05) is 11.6 Å². The van der Waals surface area contributed by atoms with E-state index >= 15 is 8.78 Å². The Balaban J connectivity index is 1.24. The number of rotatable bonds is 11. The summed E-state index contributed by atoms with van der Waals surface area (Å²) in [7, 11) is -2.42. The van der Waals surface area contributed by atoms with Gasteiger partial charge in [-0.25, -0.2) is 31.0 Å². The summed E-state index contributed by atoms with van der Waals surface area (Å²) in [6, 6.07) is 9.06. The van der Waals surface area contributed by atoms with Gasteiger partial charge in [-0.15, -0.1) is 0 Å². The van der Waals surface area contributed by atoms with E-state index in [9.17, 15) is 35.6 Å². The average Bonchev–Trinajstić information content (AvgIpc) is 3.40. The van der Waals surface area contributed by atoms with E-state index in [2.05, 4.69) is 25.1 Å². The number of carbonyl (C=O) groups is 1. The third-order valence-electron chi connectivity index (χ3n) is 11.3. The molecule has 2 aliphatic carbocycles. The van der Waals surface area contributed by atoms with Gasteiger partial charge in [0.2, 0.25) is 15.9 Å². The molecule has 0 radical (unpaired) electrons. The molecule has 1 amide bonds. The normalized spacial score (nSPS) is 18.7. The van der Waals surface area contributed by atoms with Gasteiger partial charge in [-0.05, 0) is 73.2 Å². The van der Waals surface area contributed by atoms with Crippen molar-refractivity contribution in [2.75, 3.05) is 29.0 Å². The highest BCUT2D eigenvalue weighted by atomic mass is 35.5. The highest BCUT2D eigenvalue weighted by Gasteiger charge is 2.67. The molecule has 1 saturated heterocycles. The zero-order valence-corrected chi connectivity index (χ0v) is 33.3. The van der Waals surface area contributed by atoms with Gasteiger partial charge < -0.3 is 10.2 Å². The Hall–Kier alpha value is -5.63. The van der Waals surface area contributed by atoms with Crippen LogP contribution >= 0.6 is 11.6 Å². The first-order valence-corrected chi connectivity index (χ1v) is 21.1. The lowest BCUT2D eigenvalue weighted by Crippen LogP contribution is -2.38. The number of hydrogen-bond acceptors (Lipinski definition) is 8. The largest absolute Gasteiger partial charge is 0.371 e. The number of nitrogens with zero attached hydrogens (tertiary/aromatic N) is 7. The Labute approximate surface area is 342 Å². The van der Waals surface area contributed by atoms with Crippen LogP contribution in [0.15, 0.2) is 53.3 Å². The molecule has 3 aromatic heterocycles. The Kier molecular flexibility index (Phi) is 9.45. The van der Waals surface area contributed by atoms with Crippen LogP contribution in [-0.2, 0) is 40.8 Å². The number of aryl methyl sites for hydroxylation is 1. The second-order valence-corrected chi connectivity index (χ2v) is 17.6. The Morgan fingerprint density at radius 2 is 1.75 bits per heavy atom. The molecule has 2 N–H and O–H groups in total. The maximum Gasteiger partial charge on any atom is 0.293 e. The van der Waals surface area contributed by atoms with Crippen LogP contribution < -0.4 is 20.5 Å². The molecule has 314 valence electrons. The molecule has 13 nitrogen and oxygen atoms in total. The zero-order chi connectivity index (χ0) is 42.6. The van der Waals surface area contributed by atoms with Crippen LogP contribution in [0.1, 0.15) is 66.0 Å². The standard InChI is InChI=1S/C39H34ClF6N9O4S/c1-52-33-28(8-7-25(40)31(33)36(50-52)51-60(2,58)59)55-37(48-26-15-21(53-9-3-4-10-53)5-6-22(26)38(55)57)27(13-18-11-19(41)14-20(42)12-18)47-29(56)17-54-34-30(32(49-54)35(43)44)23-16-24(23)39(34,45)46/h5-8,11-12,14-15,23-24,27,35H,3-4,9-10,13,16-17H2,1-2H3,(H,47,56)(H,50,51)/t23-,24+,27-/m0/s1. The Morgan fingerprint density at radius 1 is 1.03 bits per heavy atom. The molecule has 1 aliphatic heterocycles. The first-order chi connectivity index (χ1) is 28.4. The van der Waals surface area contributed by atoms with Gasteiger partial charge in [-0.3, -0.25) is 28.2 Å². The monoisotopic (exact) mass is 873 g/mol. The lowest BCUT2D eigenvalue weighted by Gasteiger charge is -2.25. The fourth-order valence-electron chi connectivity index (χ4n) is 8.74. The summed E-state index contributed by atoms with van der Waals surface area (Å²) in [5.41, 5.74) is -1.43. The molecule has 3 aliphatic rings. The van der Waals surface area contributed by atoms with Crippen molar-refractivity contribution in [3.8, 4) is 5.69 Å². The van der Waals surface area contributed by atoms with E-state index in [0.717, 1.165) is 54.6 Å². The van der Waals surface area contributed by atoms with Crippen LogP contribution in [0.5, 0.6) is 0 Å². The third kappa shape index (κ3) is 6.82. The number of halogens is 7. The van der Waals surface area contributed by atoms with Gasteiger partial charge in [-0.2, -0.15) is 19.0 Å². The molecule has 3 aromatic carbocycles. The summed E-state index contributed by atoms with van der Waals surface area (Å²) < 4.78 is 119. The average molecular weight is 874 g/mol. The Morgan fingerprint density at radius 3 is 2.43 bits per heavy atom. The minimum absolute atomic E-state index is 0.00229. The molecule has 0 spiro atoms. The van der Waals surface area contributed by atoms with Gasteiger partial charge in [0.15, 0.2) is 5.82 Å². The topological polar surface area (TPSA) is 149 Å². The summed E-state index contributed by atoms with van der Waals surface area (Å²) in [6.07, 6.45) is -0.810. The van der Waals surface area contributed by atoms with Crippen molar-refractivity contribution >= 4 is 60.8 Å². The van der Waals surface area contributed by atoms with Crippen LogP contribution in [0.3, 0.4) is 0 Å². The first-order valence-electron chi connectivity index (χ1n) is 18.9. The van der Waals surface area contributed by atoms with Crippen molar-refractivity contribution in [1.29, 1.82) is 0 Å². The lowest BCUT2D eigenvalue weighted by molar-refractivity contribution is -0.123. The van der Waals surface area contributed by atoms with Crippen molar-refractivity contribution in [2.24, 2.45) is 13.0 Å². The number of carbonyl (C=O) groups excluding carboxylic acids is 1.